The first-order valence-corrected chi connectivity index (χ1v) is 7.99. The lowest BCUT2D eigenvalue weighted by atomic mass is 9.98. The summed E-state index contributed by atoms with van der Waals surface area (Å²) in [4.78, 5) is 22.5. The molecule has 0 aromatic carbocycles. The lowest BCUT2D eigenvalue weighted by molar-refractivity contribution is -0.305. The number of alkyl halides is 1. The van der Waals surface area contributed by atoms with Gasteiger partial charge in [0.15, 0.2) is 18.5 Å². The second kappa shape index (κ2) is 9.41. The summed E-state index contributed by atoms with van der Waals surface area (Å²) >= 11 is 3.25. The van der Waals surface area contributed by atoms with Gasteiger partial charge in [0.25, 0.3) is 0 Å². The lowest BCUT2D eigenvalue weighted by Crippen LogP contribution is -2.61. The van der Waals surface area contributed by atoms with Crippen molar-refractivity contribution in [3.05, 3.63) is 0 Å². The molecule has 1 heterocycles. The Labute approximate surface area is 136 Å². The summed E-state index contributed by atoms with van der Waals surface area (Å²) < 4.78 is 21.0. The van der Waals surface area contributed by atoms with E-state index in [9.17, 15) is 19.8 Å². The highest BCUT2D eigenvalue weighted by Crippen LogP contribution is 2.27. The molecule has 1 aliphatic heterocycles. The van der Waals surface area contributed by atoms with Crippen molar-refractivity contribution < 1.29 is 38.7 Å². The van der Waals surface area contributed by atoms with Crippen LogP contribution < -0.4 is 0 Å². The number of carbonyl (C=O) groups excluding carboxylic acids is 2. The van der Waals surface area contributed by atoms with Crippen molar-refractivity contribution in [3.63, 3.8) is 0 Å². The van der Waals surface area contributed by atoms with Crippen molar-refractivity contribution in [1.82, 2.24) is 0 Å². The Morgan fingerprint density at radius 1 is 1.18 bits per heavy atom. The lowest BCUT2D eigenvalue weighted by Gasteiger charge is -2.42. The molecule has 0 aromatic rings. The van der Waals surface area contributed by atoms with E-state index in [-0.39, 0.29) is 0 Å². The van der Waals surface area contributed by atoms with Gasteiger partial charge in [0.1, 0.15) is 12.2 Å². The SMILES string of the molecule is CC(=O)O[C@H]1[C@H](O)[C@@H](CO)OC(OCCCBr)[C@H]1OC(C)=O. The molecule has 1 fully saturated rings. The van der Waals surface area contributed by atoms with Crippen molar-refractivity contribution in [2.24, 2.45) is 0 Å². The second-order valence-corrected chi connectivity index (χ2v) is 5.57. The number of halogens is 1. The normalized spacial score (nSPS) is 31.6. The fourth-order valence-corrected chi connectivity index (χ4v) is 2.30. The molecule has 1 saturated heterocycles. The molecule has 8 nitrogen and oxygen atoms in total. The third-order valence-electron chi connectivity index (χ3n) is 2.96. The van der Waals surface area contributed by atoms with Gasteiger partial charge in [-0.05, 0) is 6.42 Å². The maximum Gasteiger partial charge on any atom is 0.303 e. The van der Waals surface area contributed by atoms with Gasteiger partial charge in [-0.3, -0.25) is 9.59 Å². The molecule has 0 saturated carbocycles. The molecular weight excluding hydrogens is 364 g/mol. The van der Waals surface area contributed by atoms with Gasteiger partial charge in [-0.15, -0.1) is 0 Å². The summed E-state index contributed by atoms with van der Waals surface area (Å²) in [6, 6.07) is 0. The highest BCUT2D eigenvalue weighted by Gasteiger charge is 2.49. The maximum atomic E-state index is 11.3. The van der Waals surface area contributed by atoms with E-state index in [2.05, 4.69) is 15.9 Å². The summed E-state index contributed by atoms with van der Waals surface area (Å²) in [6.07, 6.45) is -5.01. The average Bonchev–Trinajstić information content (AvgIpc) is 2.44. The third kappa shape index (κ3) is 5.47. The molecule has 5 atom stereocenters. The predicted molar refractivity (Wildman–Crippen MR) is 77.2 cm³/mol. The standard InChI is InChI=1S/C13H21BrO8/c1-7(16)20-11-10(18)9(6-15)22-13(19-5-3-4-14)12(11)21-8(2)17/h9-13,15,18H,3-6H2,1-2H3/t9-,10-,11+,12+,13?/m1/s1. The summed E-state index contributed by atoms with van der Waals surface area (Å²) in [5.74, 6) is -1.28. The van der Waals surface area contributed by atoms with E-state index in [1.54, 1.807) is 0 Å². The van der Waals surface area contributed by atoms with Crippen molar-refractivity contribution in [1.29, 1.82) is 0 Å². The molecule has 0 aliphatic carbocycles. The molecule has 0 amide bonds. The summed E-state index contributed by atoms with van der Waals surface area (Å²) in [6.45, 7) is 2.16. The first-order valence-electron chi connectivity index (χ1n) is 6.87. The maximum absolute atomic E-state index is 11.3. The summed E-state index contributed by atoms with van der Waals surface area (Å²) in [7, 11) is 0. The molecule has 22 heavy (non-hydrogen) atoms. The van der Waals surface area contributed by atoms with Crippen LogP contribution in [0.5, 0.6) is 0 Å². The second-order valence-electron chi connectivity index (χ2n) is 4.78. The van der Waals surface area contributed by atoms with E-state index >= 15 is 0 Å². The number of hydrogen-bond donors (Lipinski definition) is 2. The Morgan fingerprint density at radius 3 is 2.27 bits per heavy atom. The minimum absolute atomic E-state index is 0.300. The minimum atomic E-state index is -1.34. The van der Waals surface area contributed by atoms with Gasteiger partial charge in [0.2, 0.25) is 0 Å². The number of aliphatic hydroxyl groups excluding tert-OH is 2. The van der Waals surface area contributed by atoms with Gasteiger partial charge in [-0.2, -0.15) is 0 Å². The topological polar surface area (TPSA) is 112 Å². The molecule has 0 radical (unpaired) electrons. The van der Waals surface area contributed by atoms with Crippen molar-refractivity contribution >= 4 is 27.9 Å². The Bertz CT molecular complexity index is 377. The zero-order valence-corrected chi connectivity index (χ0v) is 14.0. The monoisotopic (exact) mass is 384 g/mol. The zero-order chi connectivity index (χ0) is 16.7. The van der Waals surface area contributed by atoms with Gasteiger partial charge >= 0.3 is 11.9 Å². The van der Waals surface area contributed by atoms with Crippen LogP contribution >= 0.6 is 15.9 Å². The number of hydrogen-bond acceptors (Lipinski definition) is 8. The number of ether oxygens (including phenoxy) is 4. The van der Waals surface area contributed by atoms with Crippen molar-refractivity contribution in [2.75, 3.05) is 18.5 Å². The molecule has 0 spiro atoms. The van der Waals surface area contributed by atoms with Crippen LogP contribution in [-0.4, -0.2) is 71.4 Å². The third-order valence-corrected chi connectivity index (χ3v) is 3.52. The number of esters is 2. The summed E-state index contributed by atoms with van der Waals surface area (Å²) in [5, 5.41) is 20.1. The molecule has 0 bridgehead atoms. The molecule has 1 rings (SSSR count). The van der Waals surface area contributed by atoms with E-state index in [1.165, 1.54) is 13.8 Å². The first kappa shape index (κ1) is 19.3. The molecule has 9 heteroatoms. The summed E-state index contributed by atoms with van der Waals surface area (Å²) in [5.41, 5.74) is 0. The molecule has 0 aromatic heterocycles. The Morgan fingerprint density at radius 2 is 1.77 bits per heavy atom. The van der Waals surface area contributed by atoms with Gasteiger partial charge in [-0.25, -0.2) is 0 Å². The predicted octanol–water partition coefficient (Wildman–Crippen LogP) is -0.271. The highest BCUT2D eigenvalue weighted by molar-refractivity contribution is 9.09. The van der Waals surface area contributed by atoms with E-state index in [1.807, 2.05) is 0 Å². The van der Waals surface area contributed by atoms with Gasteiger partial charge < -0.3 is 29.2 Å². The van der Waals surface area contributed by atoms with E-state index < -0.39 is 49.3 Å². The minimum Gasteiger partial charge on any atom is -0.455 e. The smallest absolute Gasteiger partial charge is 0.303 e. The van der Waals surface area contributed by atoms with Gasteiger partial charge in [0, 0.05) is 19.2 Å². The van der Waals surface area contributed by atoms with Gasteiger partial charge in [0.05, 0.1) is 13.2 Å². The van der Waals surface area contributed by atoms with Crippen molar-refractivity contribution in [3.8, 4) is 0 Å². The Balaban J connectivity index is 2.93. The number of aliphatic hydroxyl groups is 2. The van der Waals surface area contributed by atoms with Crippen LogP contribution in [0.25, 0.3) is 0 Å². The molecule has 128 valence electrons. The molecule has 1 unspecified atom stereocenters. The average molecular weight is 385 g/mol. The molecule has 1 aliphatic rings. The largest absolute Gasteiger partial charge is 0.455 e. The van der Waals surface area contributed by atoms with Crippen LogP contribution in [0.4, 0.5) is 0 Å². The van der Waals surface area contributed by atoms with Crippen LogP contribution in [0.2, 0.25) is 0 Å². The molecule has 2 N–H and O–H groups in total. The molecular formula is C13H21BrO8. The van der Waals surface area contributed by atoms with Crippen LogP contribution in [0.3, 0.4) is 0 Å². The first-order chi connectivity index (χ1) is 10.4. The van der Waals surface area contributed by atoms with Crippen LogP contribution in [-0.2, 0) is 28.5 Å². The van der Waals surface area contributed by atoms with Crippen LogP contribution in [0.15, 0.2) is 0 Å². The number of rotatable bonds is 7. The van der Waals surface area contributed by atoms with Crippen LogP contribution in [0.1, 0.15) is 20.3 Å². The fraction of sp³-hybridized carbons (Fsp3) is 0.846. The van der Waals surface area contributed by atoms with Crippen molar-refractivity contribution in [2.45, 2.75) is 51.0 Å². The van der Waals surface area contributed by atoms with E-state index in [0.717, 1.165) is 0 Å². The van der Waals surface area contributed by atoms with Gasteiger partial charge in [-0.1, -0.05) is 15.9 Å². The van der Waals surface area contributed by atoms with E-state index in [0.29, 0.717) is 18.4 Å². The van der Waals surface area contributed by atoms with Crippen LogP contribution in [0, 0.1) is 0 Å². The van der Waals surface area contributed by atoms with E-state index in [4.69, 9.17) is 18.9 Å². The number of carbonyl (C=O) groups is 2. The fourth-order valence-electron chi connectivity index (χ4n) is 2.07. The highest BCUT2D eigenvalue weighted by atomic mass is 79.9. The quantitative estimate of drug-likeness (QED) is 0.350. The zero-order valence-electron chi connectivity index (χ0n) is 12.4. The Hall–Kier alpha value is -0.740. The Kier molecular flexibility index (Phi) is 8.26.